The van der Waals surface area contributed by atoms with Crippen LogP contribution in [-0.2, 0) is 17.8 Å². The molecule has 7 nitrogen and oxygen atoms in total. The number of carbonyl (C=O) groups excluding carboxylic acids is 1. The highest BCUT2D eigenvalue weighted by Gasteiger charge is 2.25. The lowest BCUT2D eigenvalue weighted by atomic mass is 10.0. The van der Waals surface area contributed by atoms with Gasteiger partial charge in [-0.2, -0.15) is 0 Å². The number of aromatic nitrogens is 3. The van der Waals surface area contributed by atoms with Crippen LogP contribution < -0.4 is 4.90 Å². The predicted octanol–water partition coefficient (Wildman–Crippen LogP) is 1.83. The SMILES string of the molecule is CC(=O)N1CCc2c(nc(-c3ccccn3)nc2N(C)CCCN(C)C)C1. The normalized spacial score (nSPS) is 13.6. The minimum absolute atomic E-state index is 0.0829. The Labute approximate surface area is 161 Å². The van der Waals surface area contributed by atoms with Gasteiger partial charge in [-0.05, 0) is 45.6 Å². The van der Waals surface area contributed by atoms with E-state index in [1.54, 1.807) is 13.1 Å². The van der Waals surface area contributed by atoms with Crippen LogP contribution in [-0.4, -0.2) is 71.4 Å². The molecule has 0 bridgehead atoms. The molecule has 0 aromatic carbocycles. The van der Waals surface area contributed by atoms with Crippen molar-refractivity contribution >= 4 is 11.7 Å². The minimum Gasteiger partial charge on any atom is -0.359 e. The lowest BCUT2D eigenvalue weighted by Gasteiger charge is -2.31. The van der Waals surface area contributed by atoms with Gasteiger partial charge >= 0.3 is 0 Å². The van der Waals surface area contributed by atoms with Crippen LogP contribution in [0.2, 0.25) is 0 Å². The number of nitrogens with zero attached hydrogens (tertiary/aromatic N) is 6. The molecule has 3 heterocycles. The molecule has 0 saturated carbocycles. The number of amides is 1. The van der Waals surface area contributed by atoms with Gasteiger partial charge in [0.15, 0.2) is 5.82 Å². The molecule has 0 fully saturated rings. The van der Waals surface area contributed by atoms with E-state index in [1.165, 1.54) is 0 Å². The number of fused-ring (bicyclic) bond motifs is 1. The molecule has 0 atom stereocenters. The summed E-state index contributed by atoms with van der Waals surface area (Å²) < 4.78 is 0. The van der Waals surface area contributed by atoms with Crippen molar-refractivity contribution in [2.45, 2.75) is 26.3 Å². The van der Waals surface area contributed by atoms with E-state index in [-0.39, 0.29) is 5.91 Å². The largest absolute Gasteiger partial charge is 0.359 e. The average molecular weight is 368 g/mol. The van der Waals surface area contributed by atoms with Crippen LogP contribution in [0.4, 0.5) is 5.82 Å². The van der Waals surface area contributed by atoms with E-state index in [4.69, 9.17) is 9.97 Å². The average Bonchev–Trinajstić information content (AvgIpc) is 2.66. The second-order valence-corrected chi connectivity index (χ2v) is 7.28. The fraction of sp³-hybridized carbons (Fsp3) is 0.500. The van der Waals surface area contributed by atoms with E-state index in [0.29, 0.717) is 18.9 Å². The van der Waals surface area contributed by atoms with Crippen LogP contribution in [0.1, 0.15) is 24.6 Å². The first-order valence-electron chi connectivity index (χ1n) is 9.38. The maximum Gasteiger partial charge on any atom is 0.219 e. The number of pyridine rings is 1. The van der Waals surface area contributed by atoms with Crippen molar-refractivity contribution in [3.63, 3.8) is 0 Å². The summed E-state index contributed by atoms with van der Waals surface area (Å²) in [7, 11) is 6.25. The molecular weight excluding hydrogens is 340 g/mol. The number of carbonyl (C=O) groups is 1. The van der Waals surface area contributed by atoms with Crippen LogP contribution >= 0.6 is 0 Å². The van der Waals surface area contributed by atoms with Gasteiger partial charge in [0.25, 0.3) is 0 Å². The van der Waals surface area contributed by atoms with Crippen LogP contribution in [0.3, 0.4) is 0 Å². The monoisotopic (exact) mass is 368 g/mol. The maximum absolute atomic E-state index is 11.8. The van der Waals surface area contributed by atoms with Crippen molar-refractivity contribution in [2.75, 3.05) is 45.7 Å². The van der Waals surface area contributed by atoms with Crippen LogP contribution in [0, 0.1) is 0 Å². The Morgan fingerprint density at radius 2 is 2.00 bits per heavy atom. The van der Waals surface area contributed by atoms with E-state index in [2.05, 4.69) is 35.9 Å². The summed E-state index contributed by atoms with van der Waals surface area (Å²) in [5.74, 6) is 1.66. The number of anilines is 1. The van der Waals surface area contributed by atoms with Crippen LogP contribution in [0.15, 0.2) is 24.4 Å². The summed E-state index contributed by atoms with van der Waals surface area (Å²) in [5.41, 5.74) is 2.84. The molecule has 0 saturated heterocycles. The van der Waals surface area contributed by atoms with Gasteiger partial charge in [0, 0.05) is 38.8 Å². The van der Waals surface area contributed by atoms with Gasteiger partial charge in [-0.25, -0.2) is 9.97 Å². The lowest BCUT2D eigenvalue weighted by Crippen LogP contribution is -2.36. The molecule has 2 aromatic heterocycles. The summed E-state index contributed by atoms with van der Waals surface area (Å²) in [6.45, 7) is 4.81. The van der Waals surface area contributed by atoms with Gasteiger partial charge in [0.2, 0.25) is 5.91 Å². The summed E-state index contributed by atoms with van der Waals surface area (Å²) in [4.78, 5) is 32.1. The van der Waals surface area contributed by atoms with Crippen molar-refractivity contribution < 1.29 is 4.79 Å². The Bertz CT molecular complexity index is 793. The standard InChI is InChI=1S/C20H28N6O/c1-15(27)26-13-9-16-18(14-26)22-19(17-8-5-6-10-21-17)23-20(16)25(4)12-7-11-24(2)3/h5-6,8,10H,7,9,11-14H2,1-4H3. The van der Waals surface area contributed by atoms with Gasteiger partial charge in [0.1, 0.15) is 11.5 Å². The van der Waals surface area contributed by atoms with Gasteiger partial charge in [-0.15, -0.1) is 0 Å². The van der Waals surface area contributed by atoms with E-state index < -0.39 is 0 Å². The third-order valence-corrected chi connectivity index (χ3v) is 4.84. The summed E-state index contributed by atoms with van der Waals surface area (Å²) in [5, 5.41) is 0. The van der Waals surface area contributed by atoms with Gasteiger partial charge in [-0.3, -0.25) is 9.78 Å². The highest BCUT2D eigenvalue weighted by molar-refractivity contribution is 5.74. The number of hydrogen-bond acceptors (Lipinski definition) is 6. The molecule has 2 aromatic rings. The lowest BCUT2D eigenvalue weighted by molar-refractivity contribution is -0.129. The molecule has 1 aliphatic rings. The third-order valence-electron chi connectivity index (χ3n) is 4.84. The van der Waals surface area contributed by atoms with Crippen molar-refractivity contribution in [1.29, 1.82) is 0 Å². The quantitative estimate of drug-likeness (QED) is 0.775. The van der Waals surface area contributed by atoms with Crippen molar-refractivity contribution in [3.05, 3.63) is 35.7 Å². The minimum atomic E-state index is 0.0829. The Morgan fingerprint density at radius 3 is 2.67 bits per heavy atom. The second kappa shape index (κ2) is 8.43. The van der Waals surface area contributed by atoms with E-state index >= 15 is 0 Å². The number of rotatable bonds is 6. The number of hydrogen-bond donors (Lipinski definition) is 0. The molecule has 7 heteroatoms. The van der Waals surface area contributed by atoms with E-state index in [9.17, 15) is 4.79 Å². The van der Waals surface area contributed by atoms with Gasteiger partial charge in [0.05, 0.1) is 12.2 Å². The molecule has 0 N–H and O–H groups in total. The molecule has 0 radical (unpaired) electrons. The summed E-state index contributed by atoms with van der Waals surface area (Å²) in [6.07, 6.45) is 3.59. The molecule has 1 aliphatic heterocycles. The Hall–Kier alpha value is -2.54. The van der Waals surface area contributed by atoms with Crippen molar-refractivity contribution in [1.82, 2.24) is 24.8 Å². The molecule has 0 aliphatic carbocycles. The smallest absolute Gasteiger partial charge is 0.219 e. The maximum atomic E-state index is 11.8. The first kappa shape index (κ1) is 19.2. The first-order chi connectivity index (χ1) is 13.0. The molecule has 3 rings (SSSR count). The van der Waals surface area contributed by atoms with Gasteiger partial charge < -0.3 is 14.7 Å². The Morgan fingerprint density at radius 1 is 1.19 bits per heavy atom. The van der Waals surface area contributed by atoms with E-state index in [0.717, 1.165) is 48.7 Å². The zero-order valence-electron chi connectivity index (χ0n) is 16.6. The zero-order valence-corrected chi connectivity index (χ0v) is 16.6. The predicted molar refractivity (Wildman–Crippen MR) is 106 cm³/mol. The fourth-order valence-electron chi connectivity index (χ4n) is 3.33. The third kappa shape index (κ3) is 4.60. The Balaban J connectivity index is 1.95. The van der Waals surface area contributed by atoms with Crippen molar-refractivity contribution in [3.8, 4) is 11.5 Å². The highest BCUT2D eigenvalue weighted by atomic mass is 16.2. The molecule has 27 heavy (non-hydrogen) atoms. The fourth-order valence-corrected chi connectivity index (χ4v) is 3.33. The summed E-state index contributed by atoms with van der Waals surface area (Å²) in [6, 6.07) is 5.74. The van der Waals surface area contributed by atoms with Crippen LogP contribution in [0.25, 0.3) is 11.5 Å². The van der Waals surface area contributed by atoms with E-state index in [1.807, 2.05) is 23.1 Å². The first-order valence-corrected chi connectivity index (χ1v) is 9.38. The zero-order chi connectivity index (χ0) is 19.4. The highest BCUT2D eigenvalue weighted by Crippen LogP contribution is 2.28. The molecule has 1 amide bonds. The Kier molecular flexibility index (Phi) is 6.01. The topological polar surface area (TPSA) is 65.5 Å². The second-order valence-electron chi connectivity index (χ2n) is 7.28. The van der Waals surface area contributed by atoms with Gasteiger partial charge in [-0.1, -0.05) is 6.07 Å². The molecular formula is C20H28N6O. The molecule has 144 valence electrons. The van der Waals surface area contributed by atoms with Crippen molar-refractivity contribution in [2.24, 2.45) is 0 Å². The summed E-state index contributed by atoms with van der Waals surface area (Å²) >= 11 is 0. The van der Waals surface area contributed by atoms with Crippen LogP contribution in [0.5, 0.6) is 0 Å². The molecule has 0 unspecified atom stereocenters. The molecule has 0 spiro atoms.